The number of carbonyl (C=O) groups excluding carboxylic acids is 1. The van der Waals surface area contributed by atoms with Gasteiger partial charge in [0.25, 0.3) is 0 Å². The van der Waals surface area contributed by atoms with E-state index in [0.717, 1.165) is 12.3 Å². The average Bonchev–Trinajstić information content (AvgIpc) is 2.77. The summed E-state index contributed by atoms with van der Waals surface area (Å²) in [5.74, 6) is 0.415. The van der Waals surface area contributed by atoms with Crippen molar-refractivity contribution in [3.8, 4) is 0 Å². The largest absolute Gasteiger partial charge is 0.480 e. The minimum Gasteiger partial charge on any atom is -0.480 e. The maximum absolute atomic E-state index is 11.7. The van der Waals surface area contributed by atoms with Crippen molar-refractivity contribution in [2.75, 3.05) is 13.6 Å². The van der Waals surface area contributed by atoms with Gasteiger partial charge in [0, 0.05) is 13.1 Å². The molecular formula is C11H18N2O3. The van der Waals surface area contributed by atoms with E-state index in [1.807, 2.05) is 0 Å². The number of hydrogen-bond acceptors (Lipinski definition) is 2. The van der Waals surface area contributed by atoms with E-state index in [-0.39, 0.29) is 18.6 Å². The second-order valence-electron chi connectivity index (χ2n) is 4.98. The first-order valence-electron chi connectivity index (χ1n) is 5.79. The fourth-order valence-corrected chi connectivity index (χ4v) is 2.96. The summed E-state index contributed by atoms with van der Waals surface area (Å²) in [6, 6.07) is 0.00226. The van der Waals surface area contributed by atoms with Crippen LogP contribution in [0.15, 0.2) is 0 Å². The number of carbonyl (C=O) groups is 2. The van der Waals surface area contributed by atoms with Crippen molar-refractivity contribution in [1.29, 1.82) is 0 Å². The lowest BCUT2D eigenvalue weighted by Gasteiger charge is -2.25. The Morgan fingerprint density at radius 2 is 2.12 bits per heavy atom. The monoisotopic (exact) mass is 226 g/mol. The molecule has 2 aliphatic rings. The second kappa shape index (κ2) is 4.31. The molecule has 0 aromatic carbocycles. The summed E-state index contributed by atoms with van der Waals surface area (Å²) >= 11 is 0. The topological polar surface area (TPSA) is 69.6 Å². The Bertz CT molecular complexity index is 306. The van der Waals surface area contributed by atoms with Crippen LogP contribution in [-0.4, -0.2) is 41.6 Å². The average molecular weight is 226 g/mol. The summed E-state index contributed by atoms with van der Waals surface area (Å²) < 4.78 is 0. The Morgan fingerprint density at radius 3 is 2.62 bits per heavy atom. The van der Waals surface area contributed by atoms with Crippen LogP contribution in [-0.2, 0) is 4.79 Å². The smallest absolute Gasteiger partial charge is 0.323 e. The highest BCUT2D eigenvalue weighted by atomic mass is 16.4. The lowest BCUT2D eigenvalue weighted by molar-refractivity contribution is -0.137. The fraction of sp³-hybridized carbons (Fsp3) is 0.818. The van der Waals surface area contributed by atoms with E-state index in [1.54, 1.807) is 0 Å². The van der Waals surface area contributed by atoms with Gasteiger partial charge in [0.2, 0.25) is 0 Å². The van der Waals surface area contributed by atoms with Crippen molar-refractivity contribution in [2.45, 2.75) is 31.7 Å². The molecule has 0 aromatic heterocycles. The zero-order valence-electron chi connectivity index (χ0n) is 9.48. The molecule has 2 fully saturated rings. The van der Waals surface area contributed by atoms with E-state index >= 15 is 0 Å². The van der Waals surface area contributed by atoms with E-state index < -0.39 is 5.97 Å². The van der Waals surface area contributed by atoms with Crippen LogP contribution in [0.4, 0.5) is 4.79 Å². The summed E-state index contributed by atoms with van der Waals surface area (Å²) in [6.45, 7) is -0.243. The first kappa shape index (κ1) is 11.2. The van der Waals surface area contributed by atoms with Crippen molar-refractivity contribution >= 4 is 12.0 Å². The van der Waals surface area contributed by atoms with Crippen LogP contribution in [0.2, 0.25) is 0 Å². The third kappa shape index (κ3) is 2.28. The van der Waals surface area contributed by atoms with Gasteiger partial charge in [-0.3, -0.25) is 4.79 Å². The molecule has 5 heteroatoms. The highest BCUT2D eigenvalue weighted by molar-refractivity contribution is 5.80. The Balaban J connectivity index is 1.81. The molecular weight excluding hydrogens is 208 g/mol. The van der Waals surface area contributed by atoms with E-state index in [0.29, 0.717) is 5.92 Å². The number of likely N-dealkylation sites (N-methyl/N-ethyl adjacent to an activating group) is 1. The van der Waals surface area contributed by atoms with Gasteiger partial charge >= 0.3 is 12.0 Å². The normalized spacial score (nSPS) is 31.4. The molecule has 2 saturated carbocycles. The highest BCUT2D eigenvalue weighted by Gasteiger charge is 2.40. The third-order valence-electron chi connectivity index (χ3n) is 3.77. The number of hydrogen-bond donors (Lipinski definition) is 2. The van der Waals surface area contributed by atoms with Crippen molar-refractivity contribution in [2.24, 2.45) is 11.8 Å². The van der Waals surface area contributed by atoms with Gasteiger partial charge in [0.05, 0.1) is 0 Å². The molecule has 3 atom stereocenters. The number of carboxylic acids is 1. The van der Waals surface area contributed by atoms with Gasteiger partial charge in [0.1, 0.15) is 6.54 Å². The SMILES string of the molecule is CN(CC(=O)O)C(=O)NC1CC2CCC1C2. The Labute approximate surface area is 94.8 Å². The first-order valence-corrected chi connectivity index (χ1v) is 5.79. The van der Waals surface area contributed by atoms with Gasteiger partial charge in [0.15, 0.2) is 0 Å². The molecule has 90 valence electrons. The molecule has 0 aromatic rings. The quantitative estimate of drug-likeness (QED) is 0.751. The molecule has 0 spiro atoms. The van der Waals surface area contributed by atoms with Gasteiger partial charge in [-0.1, -0.05) is 6.42 Å². The first-order chi connectivity index (χ1) is 7.56. The van der Waals surface area contributed by atoms with Gasteiger partial charge < -0.3 is 15.3 Å². The number of urea groups is 1. The summed E-state index contributed by atoms with van der Waals surface area (Å²) in [6.07, 6.45) is 4.80. The molecule has 0 heterocycles. The molecule has 2 rings (SSSR count). The number of nitrogens with zero attached hydrogens (tertiary/aromatic N) is 1. The van der Waals surface area contributed by atoms with Crippen molar-refractivity contribution in [1.82, 2.24) is 10.2 Å². The Morgan fingerprint density at radius 1 is 1.38 bits per heavy atom. The summed E-state index contributed by atoms with van der Waals surface area (Å²) in [4.78, 5) is 23.3. The molecule has 2 aliphatic carbocycles. The van der Waals surface area contributed by atoms with Crippen LogP contribution in [0.1, 0.15) is 25.7 Å². The number of aliphatic carboxylic acids is 1. The molecule has 2 bridgehead atoms. The van der Waals surface area contributed by atoms with E-state index in [1.165, 1.54) is 31.2 Å². The zero-order valence-corrected chi connectivity index (χ0v) is 9.48. The van der Waals surface area contributed by atoms with Crippen LogP contribution in [0, 0.1) is 11.8 Å². The van der Waals surface area contributed by atoms with Gasteiger partial charge in [-0.2, -0.15) is 0 Å². The molecule has 3 unspecified atom stereocenters. The number of rotatable bonds is 3. The fourth-order valence-electron chi connectivity index (χ4n) is 2.96. The summed E-state index contributed by atoms with van der Waals surface area (Å²) in [5.41, 5.74) is 0. The van der Waals surface area contributed by atoms with E-state index in [4.69, 9.17) is 5.11 Å². The van der Waals surface area contributed by atoms with Crippen LogP contribution in [0.3, 0.4) is 0 Å². The number of nitrogens with one attached hydrogen (secondary N) is 1. The van der Waals surface area contributed by atoms with Crippen LogP contribution >= 0.6 is 0 Å². The molecule has 0 saturated heterocycles. The highest BCUT2D eigenvalue weighted by Crippen LogP contribution is 2.44. The number of carboxylic acid groups (broad SMARTS) is 1. The third-order valence-corrected chi connectivity index (χ3v) is 3.77. The van der Waals surface area contributed by atoms with E-state index in [2.05, 4.69) is 5.32 Å². The summed E-state index contributed by atoms with van der Waals surface area (Å²) in [7, 11) is 1.51. The zero-order chi connectivity index (χ0) is 11.7. The molecule has 0 aliphatic heterocycles. The van der Waals surface area contributed by atoms with Gasteiger partial charge in [-0.15, -0.1) is 0 Å². The predicted molar refractivity (Wildman–Crippen MR) is 58.0 cm³/mol. The van der Waals surface area contributed by atoms with Crippen molar-refractivity contribution in [3.05, 3.63) is 0 Å². The van der Waals surface area contributed by atoms with Crippen LogP contribution in [0.5, 0.6) is 0 Å². The molecule has 0 radical (unpaired) electrons. The molecule has 5 nitrogen and oxygen atoms in total. The Hall–Kier alpha value is -1.26. The van der Waals surface area contributed by atoms with Crippen LogP contribution < -0.4 is 5.32 Å². The maximum atomic E-state index is 11.7. The van der Waals surface area contributed by atoms with Crippen molar-refractivity contribution < 1.29 is 14.7 Å². The lowest BCUT2D eigenvalue weighted by atomic mass is 9.95. The summed E-state index contributed by atoms with van der Waals surface area (Å²) in [5, 5.41) is 11.5. The number of amides is 2. The minimum atomic E-state index is -0.981. The maximum Gasteiger partial charge on any atom is 0.323 e. The molecule has 2 N–H and O–H groups in total. The standard InChI is InChI=1S/C11H18N2O3/c1-13(6-10(14)15)11(16)12-9-5-7-2-3-8(9)4-7/h7-9H,2-6H2,1H3,(H,12,16)(H,14,15). The molecule has 16 heavy (non-hydrogen) atoms. The molecule has 2 amide bonds. The second-order valence-corrected chi connectivity index (χ2v) is 4.98. The van der Waals surface area contributed by atoms with Gasteiger partial charge in [-0.05, 0) is 31.1 Å². The lowest BCUT2D eigenvalue weighted by Crippen LogP contribution is -2.46. The van der Waals surface area contributed by atoms with Crippen LogP contribution in [0.25, 0.3) is 0 Å². The minimum absolute atomic E-state index is 0.243. The predicted octanol–water partition coefficient (Wildman–Crippen LogP) is 0.901. The van der Waals surface area contributed by atoms with Crippen molar-refractivity contribution in [3.63, 3.8) is 0 Å². The number of fused-ring (bicyclic) bond motifs is 2. The van der Waals surface area contributed by atoms with Gasteiger partial charge in [-0.25, -0.2) is 4.79 Å². The van der Waals surface area contributed by atoms with E-state index in [9.17, 15) is 9.59 Å². The Kier molecular flexibility index (Phi) is 3.03.